The van der Waals surface area contributed by atoms with Crippen LogP contribution in [0.4, 0.5) is 13.2 Å². The lowest BCUT2D eigenvalue weighted by molar-refractivity contribution is -0.192. The molecule has 2 aliphatic heterocycles. The number of aliphatic carboxylic acids is 1. The quantitative estimate of drug-likeness (QED) is 0.702. The first kappa shape index (κ1) is 25.0. The Hall–Kier alpha value is -2.59. The number of benzene rings is 1. The first-order chi connectivity index (χ1) is 15.5. The van der Waals surface area contributed by atoms with E-state index in [1.54, 1.807) is 0 Å². The van der Waals surface area contributed by atoms with Gasteiger partial charge in [-0.25, -0.2) is 4.79 Å². The van der Waals surface area contributed by atoms with Crippen molar-refractivity contribution in [3.05, 3.63) is 65.0 Å². The van der Waals surface area contributed by atoms with Crippen molar-refractivity contribution in [2.75, 3.05) is 18.8 Å². The number of aryl methyl sites for hydroxylation is 2. The topological polar surface area (TPSA) is 79.7 Å². The maximum Gasteiger partial charge on any atom is 0.490 e. The average molecular weight is 483 g/mol. The van der Waals surface area contributed by atoms with E-state index in [0.717, 1.165) is 47.8 Å². The van der Waals surface area contributed by atoms with E-state index in [9.17, 15) is 18.0 Å². The van der Waals surface area contributed by atoms with Crippen LogP contribution in [-0.2, 0) is 16.1 Å². The number of amides is 1. The van der Waals surface area contributed by atoms with Gasteiger partial charge in [-0.3, -0.25) is 9.78 Å². The maximum absolute atomic E-state index is 12.6. The summed E-state index contributed by atoms with van der Waals surface area (Å²) in [6.07, 6.45) is -3.82. The van der Waals surface area contributed by atoms with Crippen molar-refractivity contribution in [3.63, 3.8) is 0 Å². The number of aromatic nitrogens is 1. The first-order valence-corrected chi connectivity index (χ1v) is 11.3. The molecule has 1 unspecified atom stereocenters. The number of alkyl halides is 3. The molecule has 4 rings (SSSR count). The number of carboxylic acid groups (broad SMARTS) is 1. The summed E-state index contributed by atoms with van der Waals surface area (Å²) in [6, 6.07) is 13.9. The molecule has 1 aromatic heterocycles. The molecule has 1 aromatic carbocycles. The molecule has 1 spiro atoms. The molecule has 0 radical (unpaired) electrons. The molecular formula is C23H25F3N2O4S. The van der Waals surface area contributed by atoms with Crippen molar-refractivity contribution in [2.45, 2.75) is 43.9 Å². The molecule has 1 N–H and O–H groups in total. The summed E-state index contributed by atoms with van der Waals surface area (Å²) >= 11 is 1.96. The number of hydrogen-bond acceptors (Lipinski definition) is 5. The van der Waals surface area contributed by atoms with Gasteiger partial charge < -0.3 is 14.7 Å². The van der Waals surface area contributed by atoms with Crippen LogP contribution in [0.2, 0.25) is 0 Å². The molecule has 0 aliphatic carbocycles. The Morgan fingerprint density at radius 1 is 1.21 bits per heavy atom. The lowest BCUT2D eigenvalue weighted by Gasteiger charge is -2.47. The Labute approximate surface area is 194 Å². The first-order valence-electron chi connectivity index (χ1n) is 10.3. The van der Waals surface area contributed by atoms with Gasteiger partial charge in [-0.05, 0) is 44.5 Å². The summed E-state index contributed by atoms with van der Waals surface area (Å²) in [5.74, 6) is -1.61. The summed E-state index contributed by atoms with van der Waals surface area (Å²) < 4.78 is 38.0. The van der Waals surface area contributed by atoms with Crippen LogP contribution in [0.1, 0.15) is 33.7 Å². The van der Waals surface area contributed by atoms with Gasteiger partial charge in [0.25, 0.3) is 5.91 Å². The minimum Gasteiger partial charge on any atom is -0.475 e. The van der Waals surface area contributed by atoms with E-state index in [2.05, 4.69) is 4.98 Å². The van der Waals surface area contributed by atoms with E-state index >= 15 is 0 Å². The highest BCUT2D eigenvalue weighted by Gasteiger charge is 2.51. The number of nitrogens with zero attached hydrogens (tertiary/aromatic N) is 2. The van der Waals surface area contributed by atoms with Gasteiger partial charge in [0.1, 0.15) is 0 Å². The van der Waals surface area contributed by atoms with E-state index in [1.165, 1.54) is 0 Å². The monoisotopic (exact) mass is 482 g/mol. The number of likely N-dealkylation sites (tertiary alicyclic amines) is 1. The predicted molar refractivity (Wildman–Crippen MR) is 118 cm³/mol. The summed E-state index contributed by atoms with van der Waals surface area (Å²) in [5.41, 5.74) is 3.93. The number of hydrogen-bond donors (Lipinski definition) is 1. The van der Waals surface area contributed by atoms with Crippen LogP contribution in [0, 0.1) is 13.8 Å². The molecule has 2 saturated heterocycles. The molecule has 3 heterocycles. The average Bonchev–Trinajstić information content (AvgIpc) is 3.15. The second-order valence-corrected chi connectivity index (χ2v) is 9.72. The van der Waals surface area contributed by atoms with Gasteiger partial charge in [-0.2, -0.15) is 13.2 Å². The zero-order valence-electron chi connectivity index (χ0n) is 18.3. The van der Waals surface area contributed by atoms with Crippen LogP contribution in [0.15, 0.2) is 42.5 Å². The Balaban J connectivity index is 0.000000383. The van der Waals surface area contributed by atoms with Gasteiger partial charge >= 0.3 is 12.1 Å². The van der Waals surface area contributed by atoms with Crippen LogP contribution in [0.5, 0.6) is 0 Å². The molecule has 10 heteroatoms. The highest BCUT2D eigenvalue weighted by Crippen LogP contribution is 2.46. The van der Waals surface area contributed by atoms with Gasteiger partial charge in [0.05, 0.1) is 23.2 Å². The summed E-state index contributed by atoms with van der Waals surface area (Å²) in [5, 5.41) is 7.12. The second-order valence-electron chi connectivity index (χ2n) is 8.24. The fourth-order valence-corrected chi connectivity index (χ4v) is 5.32. The van der Waals surface area contributed by atoms with Crippen molar-refractivity contribution in [2.24, 2.45) is 0 Å². The zero-order valence-corrected chi connectivity index (χ0v) is 19.1. The third-order valence-corrected chi connectivity index (χ3v) is 6.92. The standard InChI is InChI=1S/C21H24N2O2S.C2HF3O2/c1-15-5-3-7-17(9-15)20(24)23-13-21(14-23)10-19(12-26-21)25-11-18-8-4-6-16(2)22-18;3-2(4,5)1(6)7/h3-9,19H,10-14H2,1-2H3;(H,6,7). The Morgan fingerprint density at radius 3 is 2.48 bits per heavy atom. The van der Waals surface area contributed by atoms with Crippen molar-refractivity contribution in [1.29, 1.82) is 0 Å². The Bertz CT molecular complexity index is 1010. The third kappa shape index (κ3) is 6.70. The predicted octanol–water partition coefficient (Wildman–Crippen LogP) is 4.25. The molecule has 6 nitrogen and oxygen atoms in total. The molecule has 0 bridgehead atoms. The summed E-state index contributed by atoms with van der Waals surface area (Å²) in [4.78, 5) is 28.0. The maximum atomic E-state index is 12.6. The molecule has 2 aliphatic rings. The fraction of sp³-hybridized carbons (Fsp3) is 0.435. The Morgan fingerprint density at radius 2 is 1.88 bits per heavy atom. The number of carbonyl (C=O) groups is 2. The SMILES string of the molecule is Cc1cccc(C(=O)N2CC3(CC(OCc4cccc(C)n4)CS3)C2)c1.O=C(O)C(F)(F)F. The minimum absolute atomic E-state index is 0.147. The summed E-state index contributed by atoms with van der Waals surface area (Å²) in [6.45, 7) is 6.24. The highest BCUT2D eigenvalue weighted by atomic mass is 32.2. The van der Waals surface area contributed by atoms with E-state index < -0.39 is 12.1 Å². The molecule has 1 amide bonds. The number of pyridine rings is 1. The van der Waals surface area contributed by atoms with Gasteiger partial charge in [0.2, 0.25) is 0 Å². The molecule has 2 aromatic rings. The molecule has 1 atom stereocenters. The van der Waals surface area contributed by atoms with E-state index in [0.29, 0.717) is 6.61 Å². The number of ether oxygens (including phenoxy) is 1. The van der Waals surface area contributed by atoms with Crippen LogP contribution in [0.25, 0.3) is 0 Å². The van der Waals surface area contributed by atoms with Crippen LogP contribution < -0.4 is 0 Å². The van der Waals surface area contributed by atoms with E-state index in [-0.39, 0.29) is 16.8 Å². The fourth-order valence-electron chi connectivity index (χ4n) is 3.77. The smallest absolute Gasteiger partial charge is 0.475 e. The van der Waals surface area contributed by atoms with Crippen molar-refractivity contribution in [1.82, 2.24) is 9.88 Å². The lowest BCUT2D eigenvalue weighted by Crippen LogP contribution is -2.60. The molecule has 2 fully saturated rings. The van der Waals surface area contributed by atoms with E-state index in [1.807, 2.05) is 73.0 Å². The number of thioether (sulfide) groups is 1. The van der Waals surface area contributed by atoms with Crippen LogP contribution >= 0.6 is 11.8 Å². The van der Waals surface area contributed by atoms with Crippen LogP contribution in [0.3, 0.4) is 0 Å². The lowest BCUT2D eigenvalue weighted by atomic mass is 9.92. The minimum atomic E-state index is -5.08. The molecule has 0 saturated carbocycles. The van der Waals surface area contributed by atoms with Crippen LogP contribution in [-0.4, -0.2) is 62.7 Å². The van der Waals surface area contributed by atoms with Gasteiger partial charge in [0.15, 0.2) is 0 Å². The van der Waals surface area contributed by atoms with E-state index in [4.69, 9.17) is 14.6 Å². The number of carboxylic acids is 1. The molecular weight excluding hydrogens is 457 g/mol. The normalized spacial score (nSPS) is 18.9. The van der Waals surface area contributed by atoms with Crippen molar-refractivity contribution < 1.29 is 32.6 Å². The second kappa shape index (κ2) is 10.1. The van der Waals surface area contributed by atoms with Crippen molar-refractivity contribution in [3.8, 4) is 0 Å². The number of rotatable bonds is 4. The highest BCUT2D eigenvalue weighted by molar-refractivity contribution is 8.01. The molecule has 178 valence electrons. The summed E-state index contributed by atoms with van der Waals surface area (Å²) in [7, 11) is 0. The largest absolute Gasteiger partial charge is 0.490 e. The Kier molecular flexibility index (Phi) is 7.69. The number of halogens is 3. The van der Waals surface area contributed by atoms with Gasteiger partial charge in [-0.1, -0.05) is 23.8 Å². The third-order valence-electron chi connectivity index (χ3n) is 5.34. The van der Waals surface area contributed by atoms with Gasteiger partial charge in [-0.15, -0.1) is 11.8 Å². The zero-order chi connectivity index (χ0) is 24.2. The van der Waals surface area contributed by atoms with Gasteiger partial charge in [0, 0.05) is 30.1 Å². The number of carbonyl (C=O) groups excluding carboxylic acids is 1. The van der Waals surface area contributed by atoms with Crippen molar-refractivity contribution >= 4 is 23.6 Å². The molecule has 33 heavy (non-hydrogen) atoms.